The summed E-state index contributed by atoms with van der Waals surface area (Å²) in [4.78, 5) is 8.41. The van der Waals surface area contributed by atoms with Gasteiger partial charge in [0.1, 0.15) is 0 Å². The van der Waals surface area contributed by atoms with Crippen LogP contribution < -0.4 is 0 Å². The van der Waals surface area contributed by atoms with Gasteiger partial charge in [0.05, 0.1) is 0 Å². The van der Waals surface area contributed by atoms with Gasteiger partial charge in [0.2, 0.25) is 0 Å². The van der Waals surface area contributed by atoms with Crippen LogP contribution in [0.3, 0.4) is 0 Å². The molecule has 6 heteroatoms. The zero-order chi connectivity index (χ0) is 31.8. The fourth-order valence-electron chi connectivity index (χ4n) is 5.77. The van der Waals surface area contributed by atoms with Gasteiger partial charge >= 0.3 is 0 Å². The molecule has 42 heavy (non-hydrogen) atoms. The van der Waals surface area contributed by atoms with Crippen LogP contribution in [0.15, 0.2) is 73.3 Å². The summed E-state index contributed by atoms with van der Waals surface area (Å²) in [5.41, 5.74) is 7.07. The molecule has 4 heterocycles. The van der Waals surface area contributed by atoms with Crippen molar-refractivity contribution in [1.82, 2.24) is 18.4 Å². The lowest BCUT2D eigenvalue weighted by molar-refractivity contribution is 1.01. The van der Waals surface area contributed by atoms with Gasteiger partial charge in [0.15, 0.2) is 16.5 Å². The molecule has 0 aliphatic rings. The third kappa shape index (κ3) is 11.5. The molecule has 0 fully saturated rings. The van der Waals surface area contributed by atoms with E-state index >= 15 is 0 Å². The van der Waals surface area contributed by atoms with E-state index in [-0.39, 0.29) is 2.85 Å². The average Bonchev–Trinajstić information content (AvgIpc) is 3.65. The van der Waals surface area contributed by atoms with Gasteiger partial charge in [0.25, 0.3) is 0 Å². The van der Waals surface area contributed by atoms with Crippen LogP contribution in [0.2, 0.25) is 36.3 Å². The van der Waals surface area contributed by atoms with Crippen molar-refractivity contribution in [3.05, 3.63) is 107 Å². The molecule has 0 aromatic carbocycles. The summed E-state index contributed by atoms with van der Waals surface area (Å²) in [7, 11) is -2.28. The number of aryl methyl sites for hydroxylation is 6. The van der Waals surface area contributed by atoms with Crippen molar-refractivity contribution in [3.63, 3.8) is 0 Å². The van der Waals surface area contributed by atoms with Crippen molar-refractivity contribution in [2.45, 2.75) is 119 Å². The third-order valence-corrected chi connectivity index (χ3v) is 19.4. The van der Waals surface area contributed by atoms with Crippen LogP contribution in [0.4, 0.5) is 0 Å². The lowest BCUT2D eigenvalue weighted by Gasteiger charge is -2.29. The first kappa shape index (κ1) is 37.3. The Hall–Kier alpha value is -2.71. The highest BCUT2D eigenvalue weighted by atomic mass is 28.3. The quantitative estimate of drug-likeness (QED) is 0.187. The van der Waals surface area contributed by atoms with E-state index in [2.05, 4.69) is 129 Å². The molecule has 0 atom stereocenters. The number of rotatable bonds is 8. The van der Waals surface area contributed by atoms with Gasteiger partial charge in [-0.25, -0.2) is 0 Å². The van der Waals surface area contributed by atoms with Crippen LogP contribution >= 0.6 is 0 Å². The Balaban J connectivity index is 0. The van der Waals surface area contributed by atoms with E-state index in [4.69, 9.17) is 0 Å². The number of hydrogen-bond acceptors (Lipinski definition) is 2. The van der Waals surface area contributed by atoms with E-state index in [0.717, 1.165) is 22.8 Å². The smallest absolute Gasteiger partial charge is 0.160 e. The highest BCUT2D eigenvalue weighted by molar-refractivity contribution is 6.78. The Labute approximate surface area is 263 Å². The maximum Gasteiger partial charge on any atom is 0.160 e. The fourth-order valence-corrected chi connectivity index (χ4v) is 12.6. The van der Waals surface area contributed by atoms with Crippen molar-refractivity contribution in [1.29, 1.82) is 0 Å². The van der Waals surface area contributed by atoms with Crippen LogP contribution in [0, 0.1) is 41.5 Å². The predicted molar refractivity (Wildman–Crippen MR) is 195 cm³/mol. The molecule has 4 nitrogen and oxygen atoms in total. The summed E-state index contributed by atoms with van der Waals surface area (Å²) in [6.45, 7) is 26.3. The molecule has 4 aromatic rings. The summed E-state index contributed by atoms with van der Waals surface area (Å²) in [5.74, 6) is 0. The van der Waals surface area contributed by atoms with E-state index in [1.54, 1.807) is 0 Å². The normalized spacial score (nSPS) is 11.0. The number of pyridine rings is 2. The van der Waals surface area contributed by atoms with Crippen LogP contribution in [0.1, 0.15) is 78.3 Å². The molecule has 0 radical (unpaired) electrons. The Morgan fingerprint density at radius 3 is 1.21 bits per heavy atom. The SMILES string of the molecule is CC[Si](CC)(CC)n1ccc(C)c1.CC[Si](CC)(CC)n1cccc1.Cc1cc(C)nc(C)c1.Cc1cccc(C)n1.[HH].[HH]. The van der Waals surface area contributed by atoms with Crippen molar-refractivity contribution in [2.75, 3.05) is 0 Å². The van der Waals surface area contributed by atoms with Crippen LogP contribution in [-0.4, -0.2) is 34.9 Å². The lowest BCUT2D eigenvalue weighted by Crippen LogP contribution is -2.40. The molecule has 0 saturated carbocycles. The summed E-state index contributed by atoms with van der Waals surface area (Å²) < 4.78 is 5.02. The molecule has 0 aliphatic heterocycles. The van der Waals surface area contributed by atoms with E-state index in [9.17, 15) is 0 Å². The predicted octanol–water partition coefficient (Wildman–Crippen LogP) is 11.2. The Morgan fingerprint density at radius 1 is 0.500 bits per heavy atom. The topological polar surface area (TPSA) is 35.6 Å². The zero-order valence-corrected chi connectivity index (χ0v) is 31.0. The lowest BCUT2D eigenvalue weighted by atomic mass is 10.2. The van der Waals surface area contributed by atoms with Crippen molar-refractivity contribution in [3.8, 4) is 0 Å². The molecule has 0 saturated heterocycles. The third-order valence-electron chi connectivity index (χ3n) is 8.74. The molecule has 0 amide bonds. The molecule has 0 aliphatic carbocycles. The molecule has 0 bridgehead atoms. The largest absolute Gasteiger partial charge is 0.380 e. The second-order valence-corrected chi connectivity index (χ2v) is 21.8. The van der Waals surface area contributed by atoms with Gasteiger partial charge < -0.3 is 8.47 Å². The van der Waals surface area contributed by atoms with E-state index in [1.807, 2.05) is 45.9 Å². The minimum Gasteiger partial charge on any atom is -0.380 e. The van der Waals surface area contributed by atoms with Gasteiger partial charge in [-0.15, -0.1) is 0 Å². The highest BCUT2D eigenvalue weighted by Gasteiger charge is 2.29. The monoisotopic (exact) mass is 608 g/mol. The molecule has 0 spiro atoms. The van der Waals surface area contributed by atoms with Crippen LogP contribution in [-0.2, 0) is 0 Å². The Kier molecular flexibility index (Phi) is 16.7. The zero-order valence-electron chi connectivity index (χ0n) is 29.0. The number of nitrogens with zero attached hydrogens (tertiary/aromatic N) is 4. The molecule has 0 N–H and O–H groups in total. The molecule has 4 rings (SSSR count). The van der Waals surface area contributed by atoms with Crippen molar-refractivity contribution in [2.24, 2.45) is 0 Å². The second-order valence-electron chi connectivity index (χ2n) is 11.6. The van der Waals surface area contributed by atoms with Crippen LogP contribution in [0.25, 0.3) is 0 Å². The number of hydrogen-bond donors (Lipinski definition) is 0. The fraction of sp³-hybridized carbons (Fsp3) is 0.500. The Bertz CT molecular complexity index is 1200. The Morgan fingerprint density at radius 2 is 0.905 bits per heavy atom. The van der Waals surface area contributed by atoms with Gasteiger partial charge in [-0.3, -0.25) is 9.97 Å². The first-order valence-corrected chi connectivity index (χ1v) is 21.2. The minimum absolute atomic E-state index is 0. The van der Waals surface area contributed by atoms with Crippen LogP contribution in [0.5, 0.6) is 0 Å². The standard InChI is InChI=1S/C11H21NSi.C10H19NSi.C8H11N.C7H9N.2H2/c1-5-13(6-2,7-3)12-9-8-11(4)10-12;1-4-12(5-2,6-3)11-9-7-8-10-11;1-6-4-7(2)9-8(3)5-6;1-6-4-3-5-7(2)8-6;;/h8-10H,5-7H2,1-4H3;7-10H,4-6H2,1-3H3;4-5H,1-3H3;3-5H,1-2H3;2*1H. The number of aromatic nitrogens is 4. The first-order chi connectivity index (χ1) is 19.9. The van der Waals surface area contributed by atoms with E-state index in [1.165, 1.54) is 47.4 Å². The van der Waals surface area contributed by atoms with Crippen molar-refractivity contribution < 1.29 is 2.85 Å². The van der Waals surface area contributed by atoms with Gasteiger partial charge in [-0.1, -0.05) is 47.6 Å². The summed E-state index contributed by atoms with van der Waals surface area (Å²) in [5, 5.41) is 0. The maximum absolute atomic E-state index is 4.23. The minimum atomic E-state index is -1.16. The van der Waals surface area contributed by atoms with Gasteiger partial charge in [-0.2, -0.15) is 0 Å². The maximum atomic E-state index is 4.23. The molecule has 0 unspecified atom stereocenters. The summed E-state index contributed by atoms with van der Waals surface area (Å²) in [6.07, 6.45) is 9.08. The second kappa shape index (κ2) is 18.8. The highest BCUT2D eigenvalue weighted by Crippen LogP contribution is 2.23. The van der Waals surface area contributed by atoms with E-state index in [0.29, 0.717) is 0 Å². The average molecular weight is 609 g/mol. The molecular weight excluding hydrogens is 545 g/mol. The molecule has 236 valence electrons. The van der Waals surface area contributed by atoms with Crippen molar-refractivity contribution >= 4 is 16.5 Å². The summed E-state index contributed by atoms with van der Waals surface area (Å²) in [6, 6.07) is 24.8. The molecule has 4 aromatic heterocycles. The van der Waals surface area contributed by atoms with Gasteiger partial charge in [-0.05, 0) is 156 Å². The first-order valence-electron chi connectivity index (χ1n) is 16.0. The van der Waals surface area contributed by atoms with E-state index < -0.39 is 16.5 Å². The molecular formula is C36H64N4Si2. The van der Waals surface area contributed by atoms with Gasteiger partial charge in [0, 0.05) is 25.6 Å². The summed E-state index contributed by atoms with van der Waals surface area (Å²) >= 11 is 0.